The van der Waals surface area contributed by atoms with E-state index < -0.39 is 0 Å². The van der Waals surface area contributed by atoms with Gasteiger partial charge in [-0.15, -0.1) is 0 Å². The highest BCUT2D eigenvalue weighted by molar-refractivity contribution is 5.86. The van der Waals surface area contributed by atoms with Crippen molar-refractivity contribution in [3.63, 3.8) is 0 Å². The maximum atomic E-state index is 13.1. The van der Waals surface area contributed by atoms with Crippen molar-refractivity contribution in [1.82, 2.24) is 15.5 Å². The molecule has 0 spiro atoms. The maximum Gasteiger partial charge on any atom is 0.239 e. The third-order valence-electron chi connectivity index (χ3n) is 5.04. The first-order valence-electron chi connectivity index (χ1n) is 9.95. The minimum atomic E-state index is -0.229. The van der Waals surface area contributed by atoms with Crippen LogP contribution in [0.1, 0.15) is 5.56 Å². The van der Waals surface area contributed by atoms with E-state index in [1.807, 2.05) is 24.3 Å². The van der Waals surface area contributed by atoms with Crippen LogP contribution in [0.5, 0.6) is 5.75 Å². The number of piperazine rings is 1. The largest absolute Gasteiger partial charge is 0.497 e. The van der Waals surface area contributed by atoms with E-state index in [-0.39, 0.29) is 18.3 Å². The molecule has 2 aromatic rings. The molecule has 1 heterocycles. The van der Waals surface area contributed by atoms with E-state index in [1.165, 1.54) is 12.1 Å². The van der Waals surface area contributed by atoms with Crippen LogP contribution in [-0.2, 0) is 11.3 Å². The van der Waals surface area contributed by atoms with Gasteiger partial charge < -0.3 is 25.2 Å². The summed E-state index contributed by atoms with van der Waals surface area (Å²) >= 11 is 0. The van der Waals surface area contributed by atoms with Crippen LogP contribution < -0.4 is 20.3 Å². The van der Waals surface area contributed by atoms with Crippen LogP contribution in [0.4, 0.5) is 10.1 Å². The molecular formula is C22H28FN5O2. The molecule has 0 atom stereocenters. The van der Waals surface area contributed by atoms with E-state index in [2.05, 4.69) is 25.4 Å². The van der Waals surface area contributed by atoms with E-state index in [4.69, 9.17) is 4.74 Å². The number of anilines is 1. The molecule has 30 heavy (non-hydrogen) atoms. The number of hydrogen-bond acceptors (Lipinski definition) is 4. The average Bonchev–Trinajstić information content (AvgIpc) is 2.79. The van der Waals surface area contributed by atoms with Gasteiger partial charge in [0.1, 0.15) is 11.6 Å². The van der Waals surface area contributed by atoms with Crippen molar-refractivity contribution < 1.29 is 13.9 Å². The molecule has 1 amide bonds. The summed E-state index contributed by atoms with van der Waals surface area (Å²) in [6.07, 6.45) is 0. The first-order chi connectivity index (χ1) is 14.6. The second-order valence-corrected chi connectivity index (χ2v) is 6.98. The molecule has 0 aromatic heterocycles. The lowest BCUT2D eigenvalue weighted by Crippen LogP contribution is -2.53. The lowest BCUT2D eigenvalue weighted by atomic mass is 10.2. The summed E-state index contributed by atoms with van der Waals surface area (Å²) in [4.78, 5) is 20.8. The Hall–Kier alpha value is -3.29. The molecule has 1 saturated heterocycles. The second-order valence-electron chi connectivity index (χ2n) is 6.98. The third kappa shape index (κ3) is 5.85. The minimum Gasteiger partial charge on any atom is -0.497 e. The molecule has 0 bridgehead atoms. The number of nitrogens with zero attached hydrogens (tertiary/aromatic N) is 3. The van der Waals surface area contributed by atoms with E-state index in [0.717, 1.165) is 43.2 Å². The van der Waals surface area contributed by atoms with Crippen molar-refractivity contribution in [2.24, 2.45) is 4.99 Å². The van der Waals surface area contributed by atoms with Crippen molar-refractivity contribution in [3.05, 3.63) is 59.9 Å². The first kappa shape index (κ1) is 21.4. The number of carbonyl (C=O) groups is 1. The van der Waals surface area contributed by atoms with Gasteiger partial charge in [-0.2, -0.15) is 0 Å². The molecule has 0 aliphatic carbocycles. The topological polar surface area (TPSA) is 69.2 Å². The Kier molecular flexibility index (Phi) is 7.48. The Balaban J connectivity index is 1.42. The highest BCUT2D eigenvalue weighted by Crippen LogP contribution is 2.17. The van der Waals surface area contributed by atoms with Crippen LogP contribution in [0.3, 0.4) is 0 Å². The van der Waals surface area contributed by atoms with Crippen molar-refractivity contribution in [3.8, 4) is 5.75 Å². The number of carbonyl (C=O) groups excluding carboxylic acids is 1. The third-order valence-corrected chi connectivity index (χ3v) is 5.04. The van der Waals surface area contributed by atoms with E-state index in [9.17, 15) is 9.18 Å². The van der Waals surface area contributed by atoms with Crippen LogP contribution in [0.2, 0.25) is 0 Å². The number of amides is 1. The fourth-order valence-corrected chi connectivity index (χ4v) is 3.33. The van der Waals surface area contributed by atoms with Gasteiger partial charge in [0, 0.05) is 45.5 Å². The van der Waals surface area contributed by atoms with Gasteiger partial charge in [-0.3, -0.25) is 9.79 Å². The van der Waals surface area contributed by atoms with E-state index in [0.29, 0.717) is 12.5 Å². The molecule has 1 fully saturated rings. The summed E-state index contributed by atoms with van der Waals surface area (Å²) in [6.45, 7) is 3.75. The molecule has 8 heteroatoms. The summed E-state index contributed by atoms with van der Waals surface area (Å²) in [5.74, 6) is 1.16. The Bertz CT molecular complexity index is 847. The molecule has 3 rings (SSSR count). The standard InChI is InChI=1S/C22H28FN5O2/c1-24-22(26-16-21(29)25-15-17-3-9-20(30-2)10-4-17)28-13-11-27(12-14-28)19-7-5-18(23)6-8-19/h3-10H,11-16H2,1-2H3,(H,24,26)(H,25,29). The first-order valence-corrected chi connectivity index (χ1v) is 9.95. The molecule has 7 nitrogen and oxygen atoms in total. The number of guanidine groups is 1. The predicted molar refractivity (Wildman–Crippen MR) is 116 cm³/mol. The number of ether oxygens (including phenoxy) is 1. The Labute approximate surface area is 176 Å². The molecule has 1 aliphatic heterocycles. The van der Waals surface area contributed by atoms with Crippen LogP contribution in [-0.4, -0.2) is 63.6 Å². The highest BCUT2D eigenvalue weighted by atomic mass is 19.1. The number of aliphatic imine (C=N–C) groups is 1. The summed E-state index contributed by atoms with van der Waals surface area (Å²) in [7, 11) is 3.34. The van der Waals surface area contributed by atoms with Crippen molar-refractivity contribution in [1.29, 1.82) is 0 Å². The normalized spacial score (nSPS) is 14.4. The molecule has 2 N–H and O–H groups in total. The summed E-state index contributed by atoms with van der Waals surface area (Å²) in [5, 5.41) is 6.03. The SMILES string of the molecule is CN=C(NCC(=O)NCc1ccc(OC)cc1)N1CCN(c2ccc(F)cc2)CC1. The molecule has 160 valence electrons. The highest BCUT2D eigenvalue weighted by Gasteiger charge is 2.20. The Morgan fingerprint density at radius 3 is 2.30 bits per heavy atom. The quantitative estimate of drug-likeness (QED) is 0.559. The Morgan fingerprint density at radius 2 is 1.70 bits per heavy atom. The number of rotatable bonds is 6. The van der Waals surface area contributed by atoms with Crippen LogP contribution in [0.15, 0.2) is 53.5 Å². The van der Waals surface area contributed by atoms with Gasteiger partial charge in [-0.1, -0.05) is 12.1 Å². The smallest absolute Gasteiger partial charge is 0.239 e. The van der Waals surface area contributed by atoms with Gasteiger partial charge in [0.2, 0.25) is 5.91 Å². The van der Waals surface area contributed by atoms with Crippen molar-refractivity contribution in [2.75, 3.05) is 51.8 Å². The van der Waals surface area contributed by atoms with Gasteiger partial charge in [0.15, 0.2) is 5.96 Å². The van der Waals surface area contributed by atoms with Crippen LogP contribution >= 0.6 is 0 Å². The van der Waals surface area contributed by atoms with Crippen molar-refractivity contribution >= 4 is 17.6 Å². The summed E-state index contributed by atoms with van der Waals surface area (Å²) in [6, 6.07) is 14.1. The summed E-state index contributed by atoms with van der Waals surface area (Å²) in [5.41, 5.74) is 2.02. The fourth-order valence-electron chi connectivity index (χ4n) is 3.33. The zero-order valence-corrected chi connectivity index (χ0v) is 17.4. The van der Waals surface area contributed by atoms with E-state index >= 15 is 0 Å². The maximum absolute atomic E-state index is 13.1. The molecule has 0 saturated carbocycles. The number of hydrogen-bond donors (Lipinski definition) is 2. The molecule has 0 unspecified atom stereocenters. The minimum absolute atomic E-state index is 0.100. The molecule has 1 aliphatic rings. The molecule has 0 radical (unpaired) electrons. The zero-order valence-electron chi connectivity index (χ0n) is 17.4. The number of nitrogens with one attached hydrogen (secondary N) is 2. The number of halogens is 1. The lowest BCUT2D eigenvalue weighted by molar-refractivity contribution is -0.120. The average molecular weight is 413 g/mol. The van der Waals surface area contributed by atoms with Crippen LogP contribution in [0.25, 0.3) is 0 Å². The van der Waals surface area contributed by atoms with Gasteiger partial charge in [-0.25, -0.2) is 4.39 Å². The predicted octanol–water partition coefficient (Wildman–Crippen LogP) is 1.85. The monoisotopic (exact) mass is 413 g/mol. The Morgan fingerprint density at radius 1 is 1.03 bits per heavy atom. The van der Waals surface area contributed by atoms with Crippen LogP contribution in [0, 0.1) is 5.82 Å². The van der Waals surface area contributed by atoms with Gasteiger partial charge in [-0.05, 0) is 42.0 Å². The zero-order chi connectivity index (χ0) is 21.3. The van der Waals surface area contributed by atoms with Gasteiger partial charge >= 0.3 is 0 Å². The summed E-state index contributed by atoms with van der Waals surface area (Å²) < 4.78 is 18.2. The number of benzene rings is 2. The lowest BCUT2D eigenvalue weighted by Gasteiger charge is -2.37. The second kappa shape index (κ2) is 10.5. The van der Waals surface area contributed by atoms with Gasteiger partial charge in [0.25, 0.3) is 0 Å². The number of methoxy groups -OCH3 is 1. The van der Waals surface area contributed by atoms with E-state index in [1.54, 1.807) is 26.3 Å². The van der Waals surface area contributed by atoms with Gasteiger partial charge in [0.05, 0.1) is 13.7 Å². The molecular weight excluding hydrogens is 385 g/mol. The fraction of sp³-hybridized carbons (Fsp3) is 0.364. The molecule has 2 aromatic carbocycles. The van der Waals surface area contributed by atoms with Crippen molar-refractivity contribution in [2.45, 2.75) is 6.54 Å².